The van der Waals surface area contributed by atoms with Crippen molar-refractivity contribution in [2.45, 2.75) is 31.7 Å². The highest BCUT2D eigenvalue weighted by Gasteiger charge is 2.25. The first-order valence-corrected chi connectivity index (χ1v) is 5.87. The molecule has 0 aliphatic heterocycles. The molecule has 0 unspecified atom stereocenters. The van der Waals surface area contributed by atoms with Crippen LogP contribution >= 0.6 is 0 Å². The van der Waals surface area contributed by atoms with Gasteiger partial charge in [0.25, 0.3) is 0 Å². The molecule has 2 amide bonds. The number of aliphatic carboxylic acids is 1. The number of ether oxygens (including phenoxy) is 1. The molecule has 0 aromatic rings. The third-order valence-electron chi connectivity index (χ3n) is 3.05. The van der Waals surface area contributed by atoms with Crippen LogP contribution in [0.25, 0.3) is 0 Å². The fraction of sp³-hybridized carbons (Fsp3) is 0.727. The van der Waals surface area contributed by atoms with E-state index in [1.165, 1.54) is 7.11 Å². The second-order valence-electron chi connectivity index (χ2n) is 4.31. The number of nitrogens with one attached hydrogen (secondary N) is 2. The van der Waals surface area contributed by atoms with Gasteiger partial charge in [0.1, 0.15) is 0 Å². The van der Waals surface area contributed by atoms with Gasteiger partial charge in [0, 0.05) is 6.04 Å². The lowest BCUT2D eigenvalue weighted by molar-refractivity contribution is -0.143. The van der Waals surface area contributed by atoms with Crippen LogP contribution in [0.2, 0.25) is 0 Å². The van der Waals surface area contributed by atoms with E-state index in [4.69, 9.17) is 5.11 Å². The Morgan fingerprint density at radius 1 is 1.22 bits per heavy atom. The van der Waals surface area contributed by atoms with Crippen molar-refractivity contribution in [3.8, 4) is 0 Å². The van der Waals surface area contributed by atoms with E-state index in [9.17, 15) is 14.4 Å². The zero-order chi connectivity index (χ0) is 13.5. The van der Waals surface area contributed by atoms with Gasteiger partial charge < -0.3 is 15.2 Å². The first-order valence-electron chi connectivity index (χ1n) is 5.87. The molecule has 7 heteroatoms. The summed E-state index contributed by atoms with van der Waals surface area (Å²) in [6.45, 7) is 0.0253. The molecule has 1 aliphatic rings. The molecule has 0 bridgehead atoms. The Labute approximate surface area is 105 Å². The second kappa shape index (κ2) is 6.95. The first-order chi connectivity index (χ1) is 8.52. The van der Waals surface area contributed by atoms with Gasteiger partial charge in [0.05, 0.1) is 19.6 Å². The van der Waals surface area contributed by atoms with Crippen molar-refractivity contribution in [3.63, 3.8) is 0 Å². The molecule has 0 aromatic heterocycles. The fourth-order valence-corrected chi connectivity index (χ4v) is 1.99. The molecule has 0 aromatic carbocycles. The molecule has 0 radical (unpaired) electrons. The Kier molecular flexibility index (Phi) is 5.57. The third kappa shape index (κ3) is 4.70. The van der Waals surface area contributed by atoms with E-state index in [2.05, 4.69) is 10.1 Å². The Morgan fingerprint density at radius 3 is 2.33 bits per heavy atom. The fourth-order valence-electron chi connectivity index (χ4n) is 1.99. The Hall–Kier alpha value is -1.63. The molecule has 0 spiro atoms. The number of amides is 2. The summed E-state index contributed by atoms with van der Waals surface area (Å²) < 4.78 is 4.29. The van der Waals surface area contributed by atoms with E-state index < -0.39 is 18.0 Å². The maximum Gasteiger partial charge on any atom is 0.413 e. The molecule has 0 atom stereocenters. The summed E-state index contributed by atoms with van der Waals surface area (Å²) >= 11 is 0. The highest BCUT2D eigenvalue weighted by atomic mass is 16.5. The van der Waals surface area contributed by atoms with Crippen LogP contribution in [0.3, 0.4) is 0 Å². The molecule has 1 saturated carbocycles. The lowest BCUT2D eigenvalue weighted by Gasteiger charge is -2.26. The average molecular weight is 258 g/mol. The van der Waals surface area contributed by atoms with E-state index in [0.717, 1.165) is 12.8 Å². The normalized spacial score (nSPS) is 23.2. The van der Waals surface area contributed by atoms with Crippen LogP contribution in [0, 0.1) is 5.92 Å². The van der Waals surface area contributed by atoms with Crippen molar-refractivity contribution in [1.82, 2.24) is 10.6 Å². The van der Waals surface area contributed by atoms with Gasteiger partial charge in [-0.25, -0.2) is 4.79 Å². The largest absolute Gasteiger partial charge is 0.481 e. The van der Waals surface area contributed by atoms with E-state index in [1.54, 1.807) is 0 Å². The van der Waals surface area contributed by atoms with E-state index in [-0.39, 0.29) is 18.5 Å². The molecule has 7 nitrogen and oxygen atoms in total. The van der Waals surface area contributed by atoms with Gasteiger partial charge in [-0.3, -0.25) is 14.9 Å². The lowest BCUT2D eigenvalue weighted by Crippen LogP contribution is -2.43. The van der Waals surface area contributed by atoms with Gasteiger partial charge in [-0.2, -0.15) is 0 Å². The highest BCUT2D eigenvalue weighted by Crippen LogP contribution is 2.24. The van der Waals surface area contributed by atoms with Crippen molar-refractivity contribution in [3.05, 3.63) is 0 Å². The molecule has 0 saturated heterocycles. The predicted molar refractivity (Wildman–Crippen MR) is 61.9 cm³/mol. The molecule has 1 aliphatic carbocycles. The lowest BCUT2D eigenvalue weighted by atomic mass is 9.86. The number of rotatable bonds is 4. The summed E-state index contributed by atoms with van der Waals surface area (Å²) in [5.74, 6) is -1.48. The summed E-state index contributed by atoms with van der Waals surface area (Å²) in [4.78, 5) is 32.7. The van der Waals surface area contributed by atoms with Gasteiger partial charge in [-0.15, -0.1) is 0 Å². The summed E-state index contributed by atoms with van der Waals surface area (Å²) in [6.07, 6.45) is 1.90. The van der Waals surface area contributed by atoms with E-state index in [0.29, 0.717) is 12.8 Å². The average Bonchev–Trinajstić information content (AvgIpc) is 2.36. The molecule has 1 fully saturated rings. The number of carbonyl (C=O) groups excluding carboxylic acids is 2. The van der Waals surface area contributed by atoms with Crippen LogP contribution in [0.1, 0.15) is 25.7 Å². The number of alkyl carbamates (subject to hydrolysis) is 1. The zero-order valence-corrected chi connectivity index (χ0v) is 10.3. The molecule has 18 heavy (non-hydrogen) atoms. The minimum atomic E-state index is -0.781. The number of imide groups is 1. The minimum absolute atomic E-state index is 0.0253. The monoisotopic (exact) mass is 258 g/mol. The maximum absolute atomic E-state index is 11.3. The van der Waals surface area contributed by atoms with Gasteiger partial charge >= 0.3 is 12.1 Å². The number of carboxylic acid groups (broad SMARTS) is 1. The maximum atomic E-state index is 11.3. The van der Waals surface area contributed by atoms with Crippen molar-refractivity contribution < 1.29 is 24.2 Å². The quantitative estimate of drug-likeness (QED) is 0.660. The summed E-state index contributed by atoms with van der Waals surface area (Å²) in [6, 6.07) is 0.129. The zero-order valence-electron chi connectivity index (χ0n) is 10.3. The van der Waals surface area contributed by atoms with Crippen LogP contribution in [0.5, 0.6) is 0 Å². The van der Waals surface area contributed by atoms with Crippen molar-refractivity contribution in [2.24, 2.45) is 5.92 Å². The summed E-state index contributed by atoms with van der Waals surface area (Å²) in [7, 11) is 1.18. The van der Waals surface area contributed by atoms with Crippen LogP contribution in [-0.4, -0.2) is 42.8 Å². The third-order valence-corrected chi connectivity index (χ3v) is 3.05. The van der Waals surface area contributed by atoms with Gasteiger partial charge in [0.2, 0.25) is 5.91 Å². The van der Waals surface area contributed by atoms with Crippen LogP contribution in [0.4, 0.5) is 4.79 Å². The number of carboxylic acids is 1. The standard InChI is InChI=1S/C11H18N2O5/c1-18-11(17)13-9(14)6-12-8-4-2-7(3-5-8)10(15)16/h7-8,12H,2-6H2,1H3,(H,15,16)(H,13,14,17). The molecule has 3 N–H and O–H groups in total. The first kappa shape index (κ1) is 14.4. The van der Waals surface area contributed by atoms with Gasteiger partial charge in [-0.1, -0.05) is 0 Å². The smallest absolute Gasteiger partial charge is 0.413 e. The topological polar surface area (TPSA) is 105 Å². The van der Waals surface area contributed by atoms with Crippen molar-refractivity contribution in [2.75, 3.05) is 13.7 Å². The van der Waals surface area contributed by atoms with Crippen LogP contribution in [-0.2, 0) is 14.3 Å². The van der Waals surface area contributed by atoms with Gasteiger partial charge in [-0.05, 0) is 25.7 Å². The molecule has 1 rings (SSSR count). The van der Waals surface area contributed by atoms with Crippen molar-refractivity contribution in [1.29, 1.82) is 0 Å². The second-order valence-corrected chi connectivity index (χ2v) is 4.31. The Balaban J connectivity index is 2.19. The number of carbonyl (C=O) groups is 3. The highest BCUT2D eigenvalue weighted by molar-refractivity contribution is 5.92. The number of hydrogen-bond donors (Lipinski definition) is 3. The Bertz CT molecular complexity index is 323. The van der Waals surface area contributed by atoms with Crippen LogP contribution in [0.15, 0.2) is 0 Å². The van der Waals surface area contributed by atoms with E-state index >= 15 is 0 Å². The molecule has 0 heterocycles. The number of methoxy groups -OCH3 is 1. The molecular formula is C11H18N2O5. The van der Waals surface area contributed by atoms with Crippen molar-refractivity contribution >= 4 is 18.0 Å². The predicted octanol–water partition coefficient (Wildman–Crippen LogP) is 0.102. The Morgan fingerprint density at radius 2 is 1.83 bits per heavy atom. The van der Waals surface area contributed by atoms with Gasteiger partial charge in [0.15, 0.2) is 0 Å². The van der Waals surface area contributed by atoms with Crippen LogP contribution < -0.4 is 10.6 Å². The number of hydrogen-bond acceptors (Lipinski definition) is 5. The summed E-state index contributed by atoms with van der Waals surface area (Å²) in [5.41, 5.74) is 0. The summed E-state index contributed by atoms with van der Waals surface area (Å²) in [5, 5.41) is 13.9. The van der Waals surface area contributed by atoms with E-state index in [1.807, 2.05) is 5.32 Å². The molecule has 102 valence electrons. The molecular weight excluding hydrogens is 240 g/mol. The SMILES string of the molecule is COC(=O)NC(=O)CNC1CCC(C(=O)O)CC1. The minimum Gasteiger partial charge on any atom is -0.481 e.